The molecule has 1 heterocycles. The maximum atomic E-state index is 12.6. The molecule has 1 unspecified atom stereocenters. The Labute approximate surface area is 163 Å². The van der Waals surface area contributed by atoms with Crippen LogP contribution in [0.3, 0.4) is 0 Å². The molecule has 0 amide bonds. The minimum absolute atomic E-state index is 0.289. The predicted molar refractivity (Wildman–Crippen MR) is 107 cm³/mol. The van der Waals surface area contributed by atoms with Crippen LogP contribution in [0.5, 0.6) is 0 Å². The van der Waals surface area contributed by atoms with Crippen LogP contribution < -0.4 is 0 Å². The molecule has 0 aliphatic rings. The molecular weight excluding hydrogens is 358 g/mol. The van der Waals surface area contributed by atoms with Crippen molar-refractivity contribution in [2.75, 3.05) is 6.61 Å². The summed E-state index contributed by atoms with van der Waals surface area (Å²) in [5.74, 6) is 0.455. The molecule has 1 atom stereocenters. The first-order valence-electron chi connectivity index (χ1n) is 8.72. The molecule has 0 N–H and O–H groups in total. The van der Waals surface area contributed by atoms with Gasteiger partial charge in [-0.3, -0.25) is 9.36 Å². The summed E-state index contributed by atoms with van der Waals surface area (Å²) in [7, 11) is 0. The van der Waals surface area contributed by atoms with Crippen LogP contribution in [0.25, 0.3) is 11.4 Å². The largest absolute Gasteiger partial charge is 0.465 e. The van der Waals surface area contributed by atoms with Gasteiger partial charge in [0.1, 0.15) is 5.25 Å². The highest BCUT2D eigenvalue weighted by Gasteiger charge is 2.26. The van der Waals surface area contributed by atoms with Gasteiger partial charge in [-0.2, -0.15) is 0 Å². The molecule has 5 nitrogen and oxygen atoms in total. The van der Waals surface area contributed by atoms with Gasteiger partial charge in [0.25, 0.3) is 0 Å². The molecule has 0 saturated carbocycles. The lowest BCUT2D eigenvalue weighted by molar-refractivity contribution is -0.142. The summed E-state index contributed by atoms with van der Waals surface area (Å²) < 4.78 is 7.25. The number of esters is 1. The SMILES string of the molecule is C=CCn1c(SC(C(=O)OCC)c2ccccc2)nnc1-c1ccccc1. The third kappa shape index (κ3) is 4.46. The second-order valence-electron chi connectivity index (χ2n) is 5.73. The molecule has 0 aliphatic heterocycles. The van der Waals surface area contributed by atoms with Crippen LogP contribution >= 0.6 is 11.8 Å². The zero-order chi connectivity index (χ0) is 19.1. The number of allylic oxidation sites excluding steroid dienone is 1. The van der Waals surface area contributed by atoms with Crippen molar-refractivity contribution in [3.63, 3.8) is 0 Å². The van der Waals surface area contributed by atoms with Crippen molar-refractivity contribution in [3.8, 4) is 11.4 Å². The predicted octanol–water partition coefficient (Wildman–Crippen LogP) is 4.53. The van der Waals surface area contributed by atoms with Gasteiger partial charge in [-0.15, -0.1) is 16.8 Å². The Kier molecular flexibility index (Phi) is 6.44. The summed E-state index contributed by atoms with van der Waals surface area (Å²) >= 11 is 1.34. The highest BCUT2D eigenvalue weighted by atomic mass is 32.2. The number of carbonyl (C=O) groups is 1. The average Bonchev–Trinajstić information content (AvgIpc) is 3.10. The van der Waals surface area contributed by atoms with E-state index in [1.165, 1.54) is 11.8 Å². The fourth-order valence-corrected chi connectivity index (χ4v) is 3.72. The lowest BCUT2D eigenvalue weighted by Crippen LogP contribution is -2.14. The maximum Gasteiger partial charge on any atom is 0.324 e. The van der Waals surface area contributed by atoms with Gasteiger partial charge in [-0.1, -0.05) is 78.5 Å². The van der Waals surface area contributed by atoms with Crippen molar-refractivity contribution in [3.05, 3.63) is 78.9 Å². The van der Waals surface area contributed by atoms with Crippen molar-refractivity contribution in [1.29, 1.82) is 0 Å². The minimum Gasteiger partial charge on any atom is -0.465 e. The molecular formula is C21H21N3O2S. The third-order valence-electron chi connectivity index (χ3n) is 3.89. The van der Waals surface area contributed by atoms with Crippen molar-refractivity contribution in [2.45, 2.75) is 23.9 Å². The van der Waals surface area contributed by atoms with Crippen molar-refractivity contribution < 1.29 is 9.53 Å². The molecule has 0 saturated heterocycles. The van der Waals surface area contributed by atoms with E-state index in [2.05, 4.69) is 16.8 Å². The number of thioether (sulfide) groups is 1. The number of aromatic nitrogens is 3. The molecule has 0 spiro atoms. The fourth-order valence-electron chi connectivity index (χ4n) is 2.67. The first-order chi connectivity index (χ1) is 13.2. The molecule has 27 heavy (non-hydrogen) atoms. The molecule has 0 bridgehead atoms. The van der Waals surface area contributed by atoms with Crippen LogP contribution in [0.15, 0.2) is 78.5 Å². The summed E-state index contributed by atoms with van der Waals surface area (Å²) in [5, 5.41) is 8.83. The second-order valence-corrected chi connectivity index (χ2v) is 6.80. The van der Waals surface area contributed by atoms with Crippen molar-refractivity contribution in [2.24, 2.45) is 0 Å². The van der Waals surface area contributed by atoms with Crippen LogP contribution in [0, 0.1) is 0 Å². The number of benzene rings is 2. The molecule has 3 aromatic rings. The Balaban J connectivity index is 1.97. The van der Waals surface area contributed by atoms with Crippen LogP contribution in [0.4, 0.5) is 0 Å². The molecule has 0 fully saturated rings. The van der Waals surface area contributed by atoms with Crippen molar-refractivity contribution >= 4 is 17.7 Å². The Hall–Kier alpha value is -2.86. The summed E-state index contributed by atoms with van der Waals surface area (Å²) in [6, 6.07) is 19.4. The van der Waals surface area contributed by atoms with E-state index >= 15 is 0 Å². The summed E-state index contributed by atoms with van der Waals surface area (Å²) in [6.07, 6.45) is 1.79. The molecule has 0 radical (unpaired) electrons. The summed E-state index contributed by atoms with van der Waals surface area (Å²) in [6.45, 7) is 6.52. The minimum atomic E-state index is -0.512. The van der Waals surface area contributed by atoms with E-state index in [0.29, 0.717) is 18.3 Å². The topological polar surface area (TPSA) is 57.0 Å². The quantitative estimate of drug-likeness (QED) is 0.327. The second kappa shape index (κ2) is 9.19. The van der Waals surface area contributed by atoms with E-state index < -0.39 is 5.25 Å². The highest BCUT2D eigenvalue weighted by Crippen LogP contribution is 2.36. The molecule has 138 valence electrons. The zero-order valence-electron chi connectivity index (χ0n) is 15.1. The van der Waals surface area contributed by atoms with E-state index in [1.54, 1.807) is 13.0 Å². The average molecular weight is 379 g/mol. The lowest BCUT2D eigenvalue weighted by atomic mass is 10.1. The van der Waals surface area contributed by atoms with Gasteiger partial charge in [0, 0.05) is 12.1 Å². The van der Waals surface area contributed by atoms with Gasteiger partial charge in [0.05, 0.1) is 6.61 Å². The van der Waals surface area contributed by atoms with Gasteiger partial charge in [0.2, 0.25) is 0 Å². The van der Waals surface area contributed by atoms with E-state index in [0.717, 1.165) is 17.0 Å². The lowest BCUT2D eigenvalue weighted by Gasteiger charge is -2.16. The van der Waals surface area contributed by atoms with Crippen LogP contribution in [0.1, 0.15) is 17.7 Å². The fraction of sp³-hybridized carbons (Fsp3) is 0.190. The molecule has 0 aliphatic carbocycles. The Bertz CT molecular complexity index is 894. The normalized spacial score (nSPS) is 11.7. The van der Waals surface area contributed by atoms with Gasteiger partial charge >= 0.3 is 5.97 Å². The molecule has 1 aromatic heterocycles. The Morgan fingerprint density at radius 1 is 1.15 bits per heavy atom. The highest BCUT2D eigenvalue weighted by molar-refractivity contribution is 8.00. The Morgan fingerprint density at radius 3 is 2.44 bits per heavy atom. The number of ether oxygens (including phenoxy) is 1. The Morgan fingerprint density at radius 2 is 1.81 bits per heavy atom. The van der Waals surface area contributed by atoms with E-state index in [1.807, 2.05) is 65.2 Å². The van der Waals surface area contributed by atoms with Crippen molar-refractivity contribution in [1.82, 2.24) is 14.8 Å². The summed E-state index contributed by atoms with van der Waals surface area (Å²) in [4.78, 5) is 12.6. The van der Waals surface area contributed by atoms with Crippen LogP contribution in [-0.2, 0) is 16.1 Å². The van der Waals surface area contributed by atoms with Gasteiger partial charge in [0.15, 0.2) is 11.0 Å². The first kappa shape index (κ1) is 18.9. The number of rotatable bonds is 8. The molecule has 6 heteroatoms. The smallest absolute Gasteiger partial charge is 0.324 e. The maximum absolute atomic E-state index is 12.6. The van der Waals surface area contributed by atoms with Gasteiger partial charge in [-0.25, -0.2) is 0 Å². The third-order valence-corrected chi connectivity index (χ3v) is 5.10. The van der Waals surface area contributed by atoms with E-state index in [-0.39, 0.29) is 5.97 Å². The zero-order valence-corrected chi connectivity index (χ0v) is 15.9. The standard InChI is InChI=1S/C21H21N3O2S/c1-3-15-24-19(17-13-9-6-10-14-17)22-23-21(24)27-18(20(25)26-4-2)16-11-7-5-8-12-16/h3,5-14,18H,1,4,15H2,2H3. The van der Waals surface area contributed by atoms with Crippen LogP contribution in [-0.4, -0.2) is 27.3 Å². The van der Waals surface area contributed by atoms with Crippen LogP contribution in [0.2, 0.25) is 0 Å². The number of hydrogen-bond acceptors (Lipinski definition) is 5. The number of hydrogen-bond donors (Lipinski definition) is 0. The molecule has 2 aromatic carbocycles. The van der Waals surface area contributed by atoms with E-state index in [9.17, 15) is 4.79 Å². The number of nitrogens with zero attached hydrogens (tertiary/aromatic N) is 3. The van der Waals surface area contributed by atoms with E-state index in [4.69, 9.17) is 4.74 Å². The first-order valence-corrected chi connectivity index (χ1v) is 9.60. The summed E-state index contributed by atoms with van der Waals surface area (Å²) in [5.41, 5.74) is 1.83. The molecule has 3 rings (SSSR count). The number of carbonyl (C=O) groups excluding carboxylic acids is 1. The van der Waals surface area contributed by atoms with Gasteiger partial charge in [-0.05, 0) is 12.5 Å². The van der Waals surface area contributed by atoms with Gasteiger partial charge < -0.3 is 4.74 Å². The monoisotopic (exact) mass is 379 g/mol.